The Morgan fingerprint density at radius 3 is 2.79 bits per heavy atom. The maximum atomic E-state index is 12.4. The second-order valence-electron chi connectivity index (χ2n) is 6.05. The largest absolute Gasteiger partial charge is 0.454 e. The van der Waals surface area contributed by atoms with Gasteiger partial charge in [-0.15, -0.1) is 0 Å². The fraction of sp³-hybridized carbons (Fsp3) is 0.444. The van der Waals surface area contributed by atoms with E-state index in [2.05, 4.69) is 5.32 Å². The number of hydrogen-bond acceptors (Lipinski definition) is 4. The van der Waals surface area contributed by atoms with Crippen molar-refractivity contribution in [1.82, 2.24) is 10.2 Å². The number of urea groups is 1. The van der Waals surface area contributed by atoms with Crippen LogP contribution in [0.3, 0.4) is 0 Å². The van der Waals surface area contributed by atoms with Gasteiger partial charge in [0.1, 0.15) is 0 Å². The van der Waals surface area contributed by atoms with Gasteiger partial charge in [0.15, 0.2) is 12.3 Å². The van der Waals surface area contributed by atoms with E-state index < -0.39 is 18.3 Å². The van der Waals surface area contributed by atoms with Gasteiger partial charge >= 0.3 is 12.0 Å². The highest BCUT2D eigenvalue weighted by molar-refractivity contribution is 5.89. The summed E-state index contributed by atoms with van der Waals surface area (Å²) in [5.74, 6) is -0.407. The number of hydrogen-bond donors (Lipinski definition) is 1. The van der Waals surface area contributed by atoms with Crippen LogP contribution in [-0.2, 0) is 9.47 Å². The van der Waals surface area contributed by atoms with Crippen LogP contribution in [0.2, 0.25) is 0 Å². The molecule has 1 unspecified atom stereocenters. The monoisotopic (exact) mass is 330 g/mol. The molecule has 1 saturated heterocycles. The SMILES string of the molecule is CC[C@H]1O[C@@H](N2C=CCNC2=O)C(OC(=O)c2ccccc2)[C@H]1C. The second kappa shape index (κ2) is 7.05. The summed E-state index contributed by atoms with van der Waals surface area (Å²) in [5.41, 5.74) is 0.488. The Morgan fingerprint density at radius 1 is 1.38 bits per heavy atom. The van der Waals surface area contributed by atoms with Crippen molar-refractivity contribution in [3.8, 4) is 0 Å². The van der Waals surface area contributed by atoms with Gasteiger partial charge in [-0.2, -0.15) is 0 Å². The van der Waals surface area contributed by atoms with E-state index in [0.29, 0.717) is 12.1 Å². The fourth-order valence-corrected chi connectivity index (χ4v) is 3.15. The third kappa shape index (κ3) is 3.14. The van der Waals surface area contributed by atoms with Crippen molar-refractivity contribution in [1.29, 1.82) is 0 Å². The molecule has 0 spiro atoms. The first-order valence-corrected chi connectivity index (χ1v) is 8.26. The van der Waals surface area contributed by atoms with E-state index in [-0.39, 0.29) is 18.1 Å². The molecule has 6 heteroatoms. The van der Waals surface area contributed by atoms with Crippen molar-refractivity contribution in [3.63, 3.8) is 0 Å². The van der Waals surface area contributed by atoms with E-state index in [1.165, 1.54) is 4.90 Å². The summed E-state index contributed by atoms with van der Waals surface area (Å²) in [6.07, 6.45) is 3.12. The van der Waals surface area contributed by atoms with Crippen molar-refractivity contribution >= 4 is 12.0 Å². The molecule has 2 aliphatic heterocycles. The Morgan fingerprint density at radius 2 is 2.12 bits per heavy atom. The van der Waals surface area contributed by atoms with E-state index in [1.807, 2.05) is 26.0 Å². The Bertz CT molecular complexity index is 631. The summed E-state index contributed by atoms with van der Waals surface area (Å²) in [6, 6.07) is 8.60. The second-order valence-corrected chi connectivity index (χ2v) is 6.05. The van der Waals surface area contributed by atoms with Crippen molar-refractivity contribution in [2.45, 2.75) is 38.7 Å². The molecule has 6 nitrogen and oxygen atoms in total. The van der Waals surface area contributed by atoms with Crippen LogP contribution < -0.4 is 5.32 Å². The molecular weight excluding hydrogens is 308 g/mol. The zero-order valence-corrected chi connectivity index (χ0v) is 13.8. The van der Waals surface area contributed by atoms with Crippen LogP contribution in [-0.4, -0.2) is 41.9 Å². The number of nitrogens with one attached hydrogen (secondary N) is 1. The van der Waals surface area contributed by atoms with E-state index in [9.17, 15) is 9.59 Å². The van der Waals surface area contributed by atoms with Crippen LogP contribution in [0, 0.1) is 5.92 Å². The third-order valence-electron chi connectivity index (χ3n) is 4.50. The minimum atomic E-state index is -0.617. The highest BCUT2D eigenvalue weighted by atomic mass is 16.6. The lowest BCUT2D eigenvalue weighted by Crippen LogP contribution is -2.50. The number of ether oxygens (including phenoxy) is 2. The molecule has 24 heavy (non-hydrogen) atoms. The number of nitrogens with zero attached hydrogens (tertiary/aromatic N) is 1. The van der Waals surface area contributed by atoms with Gasteiger partial charge < -0.3 is 14.8 Å². The molecule has 3 rings (SSSR count). The molecule has 0 aromatic heterocycles. The summed E-state index contributed by atoms with van der Waals surface area (Å²) < 4.78 is 11.8. The zero-order chi connectivity index (χ0) is 17.1. The molecule has 1 aromatic rings. The Hall–Kier alpha value is -2.34. The van der Waals surface area contributed by atoms with Crippen LogP contribution in [0.25, 0.3) is 0 Å². The van der Waals surface area contributed by atoms with Crippen LogP contribution >= 0.6 is 0 Å². The molecule has 0 aliphatic carbocycles. The number of carbonyl (C=O) groups excluding carboxylic acids is 2. The smallest absolute Gasteiger partial charge is 0.338 e. The minimum Gasteiger partial charge on any atom is -0.454 e. The van der Waals surface area contributed by atoms with Crippen LogP contribution in [0.1, 0.15) is 30.6 Å². The highest BCUT2D eigenvalue weighted by Crippen LogP contribution is 2.34. The van der Waals surface area contributed by atoms with Gasteiger partial charge in [0.05, 0.1) is 11.7 Å². The quantitative estimate of drug-likeness (QED) is 0.862. The minimum absolute atomic E-state index is 0.00390. The molecule has 2 amide bonds. The van der Waals surface area contributed by atoms with Gasteiger partial charge in [0.2, 0.25) is 0 Å². The van der Waals surface area contributed by atoms with Crippen molar-refractivity contribution in [2.24, 2.45) is 5.92 Å². The standard InChI is InChI=1S/C18H22N2O4/c1-3-14-12(2)15(24-17(21)13-8-5-4-6-9-13)16(23-14)20-11-7-10-19-18(20)22/h4-9,11-12,14-16H,3,10H2,1-2H3,(H,19,22)/t12-,14+,15?,16+/m0/s1. The Balaban J connectivity index is 1.81. The molecular formula is C18H22N2O4. The van der Waals surface area contributed by atoms with E-state index in [1.54, 1.807) is 30.5 Å². The number of carbonyl (C=O) groups is 2. The number of benzene rings is 1. The summed E-state index contributed by atoms with van der Waals surface area (Å²) in [6.45, 7) is 4.50. The summed E-state index contributed by atoms with van der Waals surface area (Å²) in [4.78, 5) is 26.0. The van der Waals surface area contributed by atoms with E-state index >= 15 is 0 Å². The van der Waals surface area contributed by atoms with Gasteiger partial charge in [-0.1, -0.05) is 32.0 Å². The van der Waals surface area contributed by atoms with Gasteiger partial charge in [-0.05, 0) is 24.6 Å². The van der Waals surface area contributed by atoms with Gasteiger partial charge in [0.25, 0.3) is 0 Å². The zero-order valence-electron chi connectivity index (χ0n) is 13.8. The number of esters is 1. The van der Waals surface area contributed by atoms with Crippen LogP contribution in [0.15, 0.2) is 42.6 Å². The molecule has 0 radical (unpaired) electrons. The number of amides is 2. The molecule has 4 atom stereocenters. The van der Waals surface area contributed by atoms with Gasteiger partial charge in [0, 0.05) is 18.7 Å². The normalized spacial score (nSPS) is 29.4. The van der Waals surface area contributed by atoms with Crippen molar-refractivity contribution in [3.05, 3.63) is 48.2 Å². The lowest BCUT2D eigenvalue weighted by molar-refractivity contribution is -0.0622. The average Bonchev–Trinajstić information content (AvgIpc) is 2.92. The third-order valence-corrected chi connectivity index (χ3v) is 4.50. The molecule has 128 valence electrons. The first-order valence-electron chi connectivity index (χ1n) is 8.26. The number of rotatable bonds is 4. The van der Waals surface area contributed by atoms with E-state index in [4.69, 9.17) is 9.47 Å². The Labute approximate surface area is 141 Å². The molecule has 0 bridgehead atoms. The predicted molar refractivity (Wildman–Crippen MR) is 88.1 cm³/mol. The summed E-state index contributed by atoms with van der Waals surface area (Å²) in [5, 5.41) is 2.74. The molecule has 0 saturated carbocycles. The average molecular weight is 330 g/mol. The first kappa shape index (κ1) is 16.5. The maximum Gasteiger partial charge on any atom is 0.338 e. The summed E-state index contributed by atoms with van der Waals surface area (Å²) in [7, 11) is 0. The molecule has 2 aliphatic rings. The topological polar surface area (TPSA) is 67.9 Å². The first-order chi connectivity index (χ1) is 11.6. The molecule has 2 heterocycles. The van der Waals surface area contributed by atoms with Gasteiger partial charge in [-0.3, -0.25) is 4.90 Å². The highest BCUT2D eigenvalue weighted by Gasteiger charge is 2.47. The lowest BCUT2D eigenvalue weighted by atomic mass is 9.98. The van der Waals surface area contributed by atoms with Crippen molar-refractivity contribution in [2.75, 3.05) is 6.54 Å². The van der Waals surface area contributed by atoms with Gasteiger partial charge in [-0.25, -0.2) is 9.59 Å². The summed E-state index contributed by atoms with van der Waals surface area (Å²) >= 11 is 0. The van der Waals surface area contributed by atoms with E-state index in [0.717, 1.165) is 6.42 Å². The van der Waals surface area contributed by atoms with Crippen LogP contribution in [0.4, 0.5) is 4.79 Å². The fourth-order valence-electron chi connectivity index (χ4n) is 3.15. The van der Waals surface area contributed by atoms with Crippen LogP contribution in [0.5, 0.6) is 0 Å². The molecule has 1 N–H and O–H groups in total. The Kier molecular flexibility index (Phi) is 4.85. The molecule has 1 fully saturated rings. The predicted octanol–water partition coefficient (Wildman–Crippen LogP) is 2.52. The lowest BCUT2D eigenvalue weighted by Gasteiger charge is -2.31. The molecule has 1 aromatic carbocycles. The maximum absolute atomic E-state index is 12.4. The van der Waals surface area contributed by atoms with Crippen molar-refractivity contribution < 1.29 is 19.1 Å².